The van der Waals surface area contributed by atoms with Crippen LogP contribution in [-0.4, -0.2) is 37.2 Å². The number of carbonyl (C=O) groups is 1. The molecule has 0 saturated carbocycles. The summed E-state index contributed by atoms with van der Waals surface area (Å²) in [6.07, 6.45) is -1.75. The Morgan fingerprint density at radius 1 is 1.19 bits per heavy atom. The maximum absolute atomic E-state index is 12.6. The van der Waals surface area contributed by atoms with Crippen LogP contribution in [0.2, 0.25) is 0 Å². The summed E-state index contributed by atoms with van der Waals surface area (Å²) < 4.78 is 26.3. The van der Waals surface area contributed by atoms with Gasteiger partial charge in [-0.25, -0.2) is 4.79 Å². The van der Waals surface area contributed by atoms with E-state index < -0.39 is 18.5 Å². The first-order chi connectivity index (χ1) is 14.7. The van der Waals surface area contributed by atoms with Crippen molar-refractivity contribution in [3.8, 4) is 0 Å². The topological polar surface area (TPSA) is 54.0 Å². The summed E-state index contributed by atoms with van der Waals surface area (Å²) in [5.74, 6) is -0.380. The predicted octanol–water partition coefficient (Wildman–Crippen LogP) is 5.97. The molecule has 0 N–H and O–H groups in total. The Balaban J connectivity index is 1.73. The Morgan fingerprint density at radius 3 is 2.58 bits per heavy atom. The first-order valence-corrected chi connectivity index (χ1v) is 12.1. The number of hydrogen-bond acceptors (Lipinski definition) is 5. The van der Waals surface area contributed by atoms with Gasteiger partial charge in [-0.2, -0.15) is 0 Å². The summed E-state index contributed by atoms with van der Waals surface area (Å²) in [6, 6.07) is 15.0. The molecule has 1 fully saturated rings. The van der Waals surface area contributed by atoms with Crippen LogP contribution < -0.4 is 0 Å². The minimum absolute atomic E-state index is 0.217. The Hall–Kier alpha value is -1.000. The molecule has 168 valence electrons. The summed E-state index contributed by atoms with van der Waals surface area (Å²) in [6.45, 7) is 8.76. The molecule has 2 aromatic carbocycles. The molecule has 5 nitrogen and oxygen atoms in total. The fourth-order valence-electron chi connectivity index (χ4n) is 3.29. The van der Waals surface area contributed by atoms with Gasteiger partial charge in [-0.3, -0.25) is 0 Å². The van der Waals surface area contributed by atoms with Gasteiger partial charge in [-0.1, -0.05) is 51.1 Å². The van der Waals surface area contributed by atoms with Gasteiger partial charge in [0.2, 0.25) is 0 Å². The second-order valence-electron chi connectivity index (χ2n) is 8.67. The number of halogens is 2. The smallest absolute Gasteiger partial charge is 0.338 e. The number of carbonyl (C=O) groups excluding carboxylic acids is 1. The van der Waals surface area contributed by atoms with Crippen LogP contribution in [0.4, 0.5) is 0 Å². The van der Waals surface area contributed by atoms with E-state index in [1.54, 1.807) is 12.1 Å². The van der Waals surface area contributed by atoms with E-state index in [2.05, 4.69) is 59.3 Å². The van der Waals surface area contributed by atoms with Crippen molar-refractivity contribution < 1.29 is 23.7 Å². The molecule has 0 spiro atoms. The third kappa shape index (κ3) is 6.51. The molecule has 1 aliphatic rings. The lowest BCUT2D eigenvalue weighted by Crippen LogP contribution is -2.54. The van der Waals surface area contributed by atoms with Crippen LogP contribution in [0.5, 0.6) is 0 Å². The van der Waals surface area contributed by atoms with Crippen LogP contribution in [0, 0.1) is 8.99 Å². The summed E-state index contributed by atoms with van der Waals surface area (Å²) in [7, 11) is 0. The summed E-state index contributed by atoms with van der Waals surface area (Å²) in [5, 5.41) is 0. The van der Waals surface area contributed by atoms with Crippen LogP contribution in [0.15, 0.2) is 53.0 Å². The van der Waals surface area contributed by atoms with Gasteiger partial charge in [0, 0.05) is 13.5 Å². The van der Waals surface area contributed by atoms with Crippen molar-refractivity contribution in [3.63, 3.8) is 0 Å². The van der Waals surface area contributed by atoms with Crippen molar-refractivity contribution in [2.75, 3.05) is 6.61 Å². The number of ether oxygens (including phenoxy) is 4. The highest BCUT2D eigenvalue weighted by atomic mass is 127. The number of rotatable bonds is 6. The molecule has 4 atom stereocenters. The molecule has 1 saturated heterocycles. The zero-order valence-corrected chi connectivity index (χ0v) is 21.9. The van der Waals surface area contributed by atoms with Crippen LogP contribution in [-0.2, 0) is 25.6 Å². The predicted molar refractivity (Wildman–Crippen MR) is 131 cm³/mol. The maximum atomic E-state index is 12.6. The highest BCUT2D eigenvalue weighted by molar-refractivity contribution is 14.1. The highest BCUT2D eigenvalue weighted by Gasteiger charge is 2.42. The van der Waals surface area contributed by atoms with Crippen molar-refractivity contribution in [2.45, 2.75) is 58.9 Å². The van der Waals surface area contributed by atoms with Gasteiger partial charge >= 0.3 is 5.97 Å². The number of esters is 1. The van der Waals surface area contributed by atoms with Gasteiger partial charge in [0.25, 0.3) is 0 Å². The second-order valence-corrected chi connectivity index (χ2v) is 10.6. The van der Waals surface area contributed by atoms with Crippen LogP contribution in [0.3, 0.4) is 0 Å². The van der Waals surface area contributed by atoms with Crippen molar-refractivity contribution >= 4 is 44.5 Å². The molecule has 1 unspecified atom stereocenters. The lowest BCUT2D eigenvalue weighted by atomic mass is 9.94. The minimum Gasteiger partial charge on any atom is -0.456 e. The van der Waals surface area contributed by atoms with Gasteiger partial charge in [0.05, 0.1) is 18.8 Å². The van der Waals surface area contributed by atoms with Gasteiger partial charge < -0.3 is 18.9 Å². The Bertz CT molecular complexity index is 883. The molecule has 0 amide bonds. The van der Waals surface area contributed by atoms with E-state index in [0.717, 1.165) is 13.6 Å². The fraction of sp³-hybridized carbons (Fsp3) is 0.458. The van der Waals surface area contributed by atoms with Crippen molar-refractivity contribution in [1.29, 1.82) is 0 Å². The third-order valence-corrected chi connectivity index (χ3v) is 7.59. The van der Waals surface area contributed by atoms with Crippen LogP contribution >= 0.6 is 38.5 Å². The standard InChI is InChI=1S/C24H28BrIO5/c1-15(30-22(27)16-9-6-5-7-10-16)21-19(14-29-23(31-21)24(2,3)4)28-13-17-11-8-12-18(26)20(17)25/h5-12,15,19,21,23H,13-14H2,1-4H3/t15?,19-,21+,23+/m0/s1. The van der Waals surface area contributed by atoms with E-state index in [1.807, 2.05) is 43.3 Å². The lowest BCUT2D eigenvalue weighted by Gasteiger charge is -2.43. The maximum Gasteiger partial charge on any atom is 0.338 e. The first kappa shape index (κ1) is 24.6. The van der Waals surface area contributed by atoms with E-state index >= 15 is 0 Å². The molecule has 2 aromatic rings. The van der Waals surface area contributed by atoms with Gasteiger partial charge in [-0.05, 0) is 69.2 Å². The van der Waals surface area contributed by atoms with E-state index in [4.69, 9.17) is 18.9 Å². The van der Waals surface area contributed by atoms with E-state index in [9.17, 15) is 4.79 Å². The van der Waals surface area contributed by atoms with E-state index in [-0.39, 0.29) is 17.5 Å². The van der Waals surface area contributed by atoms with Crippen molar-refractivity contribution in [2.24, 2.45) is 5.41 Å². The molecule has 0 bridgehead atoms. The second kappa shape index (κ2) is 10.7. The molecular weight excluding hydrogens is 575 g/mol. The largest absolute Gasteiger partial charge is 0.456 e. The SMILES string of the molecule is CC(OC(=O)c1ccccc1)[C@H]1O[C@H](C(C)(C)C)OC[C@@H]1OCc1cccc(I)c1Br. The molecule has 0 radical (unpaired) electrons. The number of benzene rings is 2. The quantitative estimate of drug-likeness (QED) is 0.301. The van der Waals surface area contributed by atoms with Gasteiger partial charge in [0.15, 0.2) is 6.29 Å². The Labute approximate surface area is 206 Å². The van der Waals surface area contributed by atoms with Gasteiger partial charge in [0.1, 0.15) is 18.3 Å². The average Bonchev–Trinajstić information content (AvgIpc) is 2.74. The zero-order valence-electron chi connectivity index (χ0n) is 18.1. The zero-order chi connectivity index (χ0) is 22.6. The third-order valence-electron chi connectivity index (χ3n) is 5.02. The molecule has 0 aromatic heterocycles. The molecule has 1 heterocycles. The van der Waals surface area contributed by atoms with Gasteiger partial charge in [-0.15, -0.1) is 0 Å². The Kier molecular flexibility index (Phi) is 8.54. The van der Waals surface area contributed by atoms with E-state index in [0.29, 0.717) is 18.8 Å². The first-order valence-electron chi connectivity index (χ1n) is 10.2. The summed E-state index contributed by atoms with van der Waals surface area (Å²) in [5.41, 5.74) is 1.33. The molecule has 0 aliphatic carbocycles. The van der Waals surface area contributed by atoms with Crippen LogP contribution in [0.1, 0.15) is 43.6 Å². The van der Waals surface area contributed by atoms with Crippen molar-refractivity contribution in [1.82, 2.24) is 0 Å². The normalized spacial score (nSPS) is 22.7. The minimum atomic E-state index is -0.509. The summed E-state index contributed by atoms with van der Waals surface area (Å²) >= 11 is 5.90. The average molecular weight is 603 g/mol. The molecule has 7 heteroatoms. The Morgan fingerprint density at radius 2 is 1.90 bits per heavy atom. The van der Waals surface area contributed by atoms with E-state index in [1.165, 1.54) is 0 Å². The molecule has 3 rings (SSSR count). The molecule has 1 aliphatic heterocycles. The monoisotopic (exact) mass is 602 g/mol. The number of hydrogen-bond donors (Lipinski definition) is 0. The lowest BCUT2D eigenvalue weighted by molar-refractivity contribution is -0.306. The van der Waals surface area contributed by atoms with Crippen LogP contribution in [0.25, 0.3) is 0 Å². The fourth-order valence-corrected chi connectivity index (χ4v) is 4.22. The summed E-state index contributed by atoms with van der Waals surface area (Å²) in [4.78, 5) is 12.6. The highest BCUT2D eigenvalue weighted by Crippen LogP contribution is 2.32. The van der Waals surface area contributed by atoms with Crippen molar-refractivity contribution in [3.05, 3.63) is 67.7 Å². The molecule has 31 heavy (non-hydrogen) atoms. The molecular formula is C24H28BrIO5.